The van der Waals surface area contributed by atoms with Gasteiger partial charge in [-0.15, -0.1) is 0 Å². The Morgan fingerprint density at radius 2 is 1.70 bits per heavy atom. The summed E-state index contributed by atoms with van der Waals surface area (Å²) in [6.45, 7) is 0.110. The second-order valence-electron chi connectivity index (χ2n) is 7.12. The molecule has 0 saturated heterocycles. The minimum atomic E-state index is -0.771. The number of methoxy groups -OCH3 is 1. The van der Waals surface area contributed by atoms with Gasteiger partial charge in [-0.05, 0) is 42.0 Å². The summed E-state index contributed by atoms with van der Waals surface area (Å²) in [6.07, 6.45) is 1.61. The Bertz CT molecular complexity index is 1360. The van der Waals surface area contributed by atoms with E-state index in [9.17, 15) is 14.4 Å². The number of hydrogen-bond donors (Lipinski definition) is 1. The van der Waals surface area contributed by atoms with Crippen molar-refractivity contribution in [1.82, 2.24) is 24.6 Å². The van der Waals surface area contributed by atoms with Crippen molar-refractivity contribution in [3.63, 3.8) is 0 Å². The molecule has 0 aliphatic heterocycles. The second-order valence-corrected chi connectivity index (χ2v) is 7.12. The summed E-state index contributed by atoms with van der Waals surface area (Å²) >= 11 is 0. The SMILES string of the molecule is COc1ccc(-n2nc(C(=O)NCc3ccccn3)c(=O)n(Cc3ccccc3)c2=O)cc1. The highest BCUT2D eigenvalue weighted by atomic mass is 16.5. The summed E-state index contributed by atoms with van der Waals surface area (Å²) in [5, 5.41) is 6.76. The molecule has 0 aliphatic rings. The Labute approximate surface area is 188 Å². The van der Waals surface area contributed by atoms with Crippen LogP contribution in [0.4, 0.5) is 0 Å². The van der Waals surface area contributed by atoms with Crippen LogP contribution in [0.3, 0.4) is 0 Å². The standard InChI is InChI=1S/C24H21N5O4/c1-33-20-12-10-19(11-13-20)29-24(32)28(16-17-7-3-2-4-8-17)23(31)21(27-29)22(30)26-15-18-9-5-6-14-25-18/h2-14H,15-16H2,1H3,(H,26,30). The van der Waals surface area contributed by atoms with E-state index in [0.29, 0.717) is 17.1 Å². The molecule has 0 atom stereocenters. The third-order valence-electron chi connectivity index (χ3n) is 4.93. The van der Waals surface area contributed by atoms with Crippen molar-refractivity contribution < 1.29 is 9.53 Å². The topological polar surface area (TPSA) is 108 Å². The maximum absolute atomic E-state index is 13.2. The number of rotatable bonds is 7. The van der Waals surface area contributed by atoms with Crippen LogP contribution in [0.1, 0.15) is 21.7 Å². The molecule has 2 heterocycles. The molecule has 0 fully saturated rings. The van der Waals surface area contributed by atoms with E-state index >= 15 is 0 Å². The van der Waals surface area contributed by atoms with Crippen LogP contribution < -0.4 is 21.3 Å². The average molecular weight is 443 g/mol. The van der Waals surface area contributed by atoms with Crippen molar-refractivity contribution in [2.24, 2.45) is 0 Å². The highest BCUT2D eigenvalue weighted by molar-refractivity contribution is 5.91. The molecule has 2 aromatic heterocycles. The molecule has 0 saturated carbocycles. The monoisotopic (exact) mass is 443 g/mol. The van der Waals surface area contributed by atoms with E-state index in [2.05, 4.69) is 15.4 Å². The summed E-state index contributed by atoms with van der Waals surface area (Å²) in [5.74, 6) is -0.104. The Hall–Kier alpha value is -4.53. The Morgan fingerprint density at radius 1 is 0.970 bits per heavy atom. The van der Waals surface area contributed by atoms with Gasteiger partial charge in [-0.1, -0.05) is 36.4 Å². The van der Waals surface area contributed by atoms with Gasteiger partial charge in [0.15, 0.2) is 0 Å². The van der Waals surface area contributed by atoms with Gasteiger partial charge in [-0.2, -0.15) is 9.78 Å². The number of carbonyl (C=O) groups excluding carboxylic acids is 1. The van der Waals surface area contributed by atoms with Crippen LogP contribution in [0.25, 0.3) is 5.69 Å². The highest BCUT2D eigenvalue weighted by Crippen LogP contribution is 2.13. The van der Waals surface area contributed by atoms with Gasteiger partial charge in [0, 0.05) is 6.20 Å². The van der Waals surface area contributed by atoms with E-state index in [1.165, 1.54) is 7.11 Å². The van der Waals surface area contributed by atoms with Crippen LogP contribution in [0.15, 0.2) is 88.6 Å². The molecular weight excluding hydrogens is 422 g/mol. The van der Waals surface area contributed by atoms with Crippen molar-refractivity contribution in [3.8, 4) is 11.4 Å². The zero-order chi connectivity index (χ0) is 23.2. The van der Waals surface area contributed by atoms with E-state index in [0.717, 1.165) is 14.8 Å². The van der Waals surface area contributed by atoms with E-state index < -0.39 is 22.9 Å². The zero-order valence-electron chi connectivity index (χ0n) is 17.8. The number of hydrogen-bond acceptors (Lipinski definition) is 6. The number of amides is 1. The third-order valence-corrected chi connectivity index (χ3v) is 4.93. The fourth-order valence-electron chi connectivity index (χ4n) is 3.21. The average Bonchev–Trinajstić information content (AvgIpc) is 2.86. The Balaban J connectivity index is 1.77. The Kier molecular flexibility index (Phi) is 6.40. The van der Waals surface area contributed by atoms with E-state index in [1.807, 2.05) is 18.2 Å². The zero-order valence-corrected chi connectivity index (χ0v) is 17.8. The van der Waals surface area contributed by atoms with E-state index in [1.54, 1.807) is 60.8 Å². The maximum Gasteiger partial charge on any atom is 0.352 e. The summed E-state index contributed by atoms with van der Waals surface area (Å²) < 4.78 is 7.20. The molecule has 0 unspecified atom stereocenters. The normalized spacial score (nSPS) is 10.6. The molecule has 4 aromatic rings. The molecule has 9 heteroatoms. The Morgan fingerprint density at radius 3 is 2.36 bits per heavy atom. The second kappa shape index (κ2) is 9.73. The smallest absolute Gasteiger partial charge is 0.352 e. The van der Waals surface area contributed by atoms with Gasteiger partial charge in [0.05, 0.1) is 31.6 Å². The van der Waals surface area contributed by atoms with Gasteiger partial charge in [-0.25, -0.2) is 4.79 Å². The first-order valence-corrected chi connectivity index (χ1v) is 10.2. The third kappa shape index (κ3) is 4.87. The van der Waals surface area contributed by atoms with Gasteiger partial charge in [0.25, 0.3) is 11.5 Å². The number of benzene rings is 2. The summed E-state index contributed by atoms with van der Waals surface area (Å²) in [6, 6.07) is 20.9. The van der Waals surface area contributed by atoms with E-state index in [4.69, 9.17) is 4.74 Å². The fourth-order valence-corrected chi connectivity index (χ4v) is 3.21. The largest absolute Gasteiger partial charge is 0.497 e. The van der Waals surface area contributed by atoms with Gasteiger partial charge in [-0.3, -0.25) is 19.1 Å². The molecule has 33 heavy (non-hydrogen) atoms. The first-order chi connectivity index (χ1) is 16.1. The molecular formula is C24H21N5O4. The molecule has 0 radical (unpaired) electrons. The highest BCUT2D eigenvalue weighted by Gasteiger charge is 2.20. The van der Waals surface area contributed by atoms with Crippen molar-refractivity contribution in [3.05, 3.63) is 117 Å². The van der Waals surface area contributed by atoms with Crippen LogP contribution in [0.5, 0.6) is 5.75 Å². The molecule has 2 aromatic carbocycles. The first kappa shape index (κ1) is 21.7. The molecule has 1 N–H and O–H groups in total. The minimum Gasteiger partial charge on any atom is -0.497 e. The molecule has 166 valence electrons. The number of pyridine rings is 1. The van der Waals surface area contributed by atoms with Crippen molar-refractivity contribution in [2.75, 3.05) is 7.11 Å². The maximum atomic E-state index is 13.2. The quantitative estimate of drug-likeness (QED) is 0.467. The van der Waals surface area contributed by atoms with Gasteiger partial charge < -0.3 is 10.1 Å². The number of nitrogens with one attached hydrogen (secondary N) is 1. The van der Waals surface area contributed by atoms with E-state index in [-0.39, 0.29) is 13.1 Å². The van der Waals surface area contributed by atoms with Crippen molar-refractivity contribution in [2.45, 2.75) is 13.1 Å². The first-order valence-electron chi connectivity index (χ1n) is 10.2. The molecule has 9 nitrogen and oxygen atoms in total. The molecule has 4 rings (SSSR count). The summed E-state index contributed by atoms with van der Waals surface area (Å²) in [5.41, 5.74) is -0.0657. The van der Waals surface area contributed by atoms with Crippen LogP contribution in [0, 0.1) is 0 Å². The van der Waals surface area contributed by atoms with Gasteiger partial charge >= 0.3 is 5.69 Å². The lowest BCUT2D eigenvalue weighted by atomic mass is 10.2. The predicted molar refractivity (Wildman–Crippen MR) is 122 cm³/mol. The molecule has 0 spiro atoms. The molecule has 1 amide bonds. The lowest BCUT2D eigenvalue weighted by Crippen LogP contribution is -2.46. The lowest BCUT2D eigenvalue weighted by Gasteiger charge is -2.12. The van der Waals surface area contributed by atoms with Crippen molar-refractivity contribution in [1.29, 1.82) is 0 Å². The van der Waals surface area contributed by atoms with Gasteiger partial charge in [0.2, 0.25) is 5.69 Å². The van der Waals surface area contributed by atoms with Crippen LogP contribution >= 0.6 is 0 Å². The number of nitrogens with zero attached hydrogens (tertiary/aromatic N) is 4. The van der Waals surface area contributed by atoms with Crippen molar-refractivity contribution >= 4 is 5.91 Å². The predicted octanol–water partition coefficient (Wildman–Crippen LogP) is 1.78. The molecule has 0 bridgehead atoms. The molecule has 0 aliphatic carbocycles. The summed E-state index contributed by atoms with van der Waals surface area (Å²) in [4.78, 5) is 43.4. The number of carbonyl (C=O) groups is 1. The van der Waals surface area contributed by atoms with Crippen LogP contribution in [0.2, 0.25) is 0 Å². The fraction of sp³-hybridized carbons (Fsp3) is 0.125. The summed E-state index contributed by atoms with van der Waals surface area (Å²) in [7, 11) is 1.53. The number of aromatic nitrogens is 4. The van der Waals surface area contributed by atoms with Gasteiger partial charge in [0.1, 0.15) is 5.75 Å². The lowest BCUT2D eigenvalue weighted by molar-refractivity contribution is 0.0940. The van der Waals surface area contributed by atoms with Crippen LogP contribution in [-0.4, -0.2) is 32.3 Å². The minimum absolute atomic E-state index is 0.00228. The number of ether oxygens (including phenoxy) is 1. The van der Waals surface area contributed by atoms with Crippen LogP contribution in [-0.2, 0) is 13.1 Å².